The summed E-state index contributed by atoms with van der Waals surface area (Å²) in [6.45, 7) is 5.18. The minimum Gasteiger partial charge on any atom is -0.343 e. The van der Waals surface area contributed by atoms with Crippen molar-refractivity contribution in [3.05, 3.63) is 30.1 Å². The van der Waals surface area contributed by atoms with Crippen molar-refractivity contribution in [3.63, 3.8) is 0 Å². The smallest absolute Gasteiger partial charge is 0.234 e. The Morgan fingerprint density at radius 3 is 2.55 bits per heavy atom. The second-order valence-electron chi connectivity index (χ2n) is 4.12. The average Bonchev–Trinajstić information content (AvgIpc) is 2.40. The van der Waals surface area contributed by atoms with Crippen molar-refractivity contribution in [2.24, 2.45) is 0 Å². The molecule has 0 unspecified atom stereocenters. The number of amides is 2. The van der Waals surface area contributed by atoms with Crippen molar-refractivity contribution in [2.75, 3.05) is 29.9 Å². The van der Waals surface area contributed by atoms with Crippen LogP contribution >= 0.6 is 11.8 Å². The van der Waals surface area contributed by atoms with Crippen LogP contribution in [0.5, 0.6) is 0 Å². The van der Waals surface area contributed by atoms with Gasteiger partial charge in [0.2, 0.25) is 11.8 Å². The lowest BCUT2D eigenvalue weighted by Gasteiger charge is -2.18. The molecule has 0 saturated carbocycles. The van der Waals surface area contributed by atoms with E-state index in [1.165, 1.54) is 30.0 Å². The molecule has 0 aliphatic carbocycles. The van der Waals surface area contributed by atoms with Crippen molar-refractivity contribution >= 4 is 29.3 Å². The maximum absolute atomic E-state index is 12.9. The first-order valence-corrected chi connectivity index (χ1v) is 7.63. The van der Waals surface area contributed by atoms with E-state index in [1.807, 2.05) is 13.8 Å². The van der Waals surface area contributed by atoms with Gasteiger partial charge in [0, 0.05) is 18.8 Å². The molecular formula is C14H19FN2O2S. The summed E-state index contributed by atoms with van der Waals surface area (Å²) in [7, 11) is 0. The number of anilines is 1. The molecule has 110 valence electrons. The first-order chi connectivity index (χ1) is 9.56. The Morgan fingerprint density at radius 2 is 1.95 bits per heavy atom. The quantitative estimate of drug-likeness (QED) is 0.841. The minimum absolute atomic E-state index is 0.0264. The number of hydrogen-bond donors (Lipinski definition) is 1. The molecule has 0 fully saturated rings. The van der Waals surface area contributed by atoms with Gasteiger partial charge in [-0.05, 0) is 32.0 Å². The third kappa shape index (κ3) is 5.61. The van der Waals surface area contributed by atoms with E-state index in [-0.39, 0.29) is 23.3 Å². The topological polar surface area (TPSA) is 49.4 Å². The summed E-state index contributed by atoms with van der Waals surface area (Å²) in [6, 6.07) is 5.71. The lowest BCUT2D eigenvalue weighted by Crippen LogP contribution is -2.32. The zero-order chi connectivity index (χ0) is 15.0. The average molecular weight is 298 g/mol. The van der Waals surface area contributed by atoms with Crippen molar-refractivity contribution in [1.29, 1.82) is 0 Å². The summed E-state index contributed by atoms with van der Waals surface area (Å²) < 4.78 is 12.9. The molecule has 0 spiro atoms. The molecule has 0 aliphatic heterocycles. The van der Waals surface area contributed by atoms with Crippen LogP contribution in [0.3, 0.4) is 0 Å². The maximum Gasteiger partial charge on any atom is 0.234 e. The monoisotopic (exact) mass is 298 g/mol. The molecule has 6 heteroatoms. The van der Waals surface area contributed by atoms with Crippen LogP contribution in [0.1, 0.15) is 13.8 Å². The van der Waals surface area contributed by atoms with Crippen molar-refractivity contribution in [1.82, 2.24) is 4.90 Å². The van der Waals surface area contributed by atoms with Gasteiger partial charge >= 0.3 is 0 Å². The molecule has 1 aromatic rings. The molecule has 1 rings (SSSR count). The van der Waals surface area contributed by atoms with Gasteiger partial charge in [0.05, 0.1) is 11.5 Å². The largest absolute Gasteiger partial charge is 0.343 e. The van der Waals surface area contributed by atoms with Gasteiger partial charge in [0.1, 0.15) is 5.82 Å². The van der Waals surface area contributed by atoms with Gasteiger partial charge in [-0.1, -0.05) is 6.07 Å². The number of thioether (sulfide) groups is 1. The highest BCUT2D eigenvalue weighted by Crippen LogP contribution is 2.10. The van der Waals surface area contributed by atoms with Gasteiger partial charge in [-0.2, -0.15) is 0 Å². The van der Waals surface area contributed by atoms with E-state index in [1.54, 1.807) is 11.0 Å². The number of carbonyl (C=O) groups is 2. The van der Waals surface area contributed by atoms with Crippen molar-refractivity contribution < 1.29 is 14.0 Å². The number of rotatable bonds is 7. The van der Waals surface area contributed by atoms with Gasteiger partial charge in [0.15, 0.2) is 0 Å². The summed E-state index contributed by atoms with van der Waals surface area (Å²) in [5.74, 6) is -0.166. The molecule has 0 saturated heterocycles. The Labute approximate surface area is 122 Å². The van der Waals surface area contributed by atoms with Crippen LogP contribution in [-0.2, 0) is 9.59 Å². The molecule has 0 heterocycles. The second kappa shape index (κ2) is 8.58. The van der Waals surface area contributed by atoms with Crippen molar-refractivity contribution in [2.45, 2.75) is 13.8 Å². The van der Waals surface area contributed by atoms with E-state index in [0.29, 0.717) is 18.8 Å². The van der Waals surface area contributed by atoms with E-state index in [9.17, 15) is 14.0 Å². The predicted octanol–water partition coefficient (Wildman–Crippen LogP) is 2.37. The number of nitrogens with one attached hydrogen (secondary N) is 1. The zero-order valence-electron chi connectivity index (χ0n) is 11.7. The molecule has 20 heavy (non-hydrogen) atoms. The molecule has 2 amide bonds. The van der Waals surface area contributed by atoms with Crippen LogP contribution in [0.15, 0.2) is 24.3 Å². The van der Waals surface area contributed by atoms with Crippen LogP contribution in [0.4, 0.5) is 10.1 Å². The zero-order valence-corrected chi connectivity index (χ0v) is 12.5. The summed E-state index contributed by atoms with van der Waals surface area (Å²) in [6.07, 6.45) is 0. The van der Waals surface area contributed by atoms with Gasteiger partial charge in [0.25, 0.3) is 0 Å². The fourth-order valence-electron chi connectivity index (χ4n) is 1.66. The number of halogens is 1. The molecule has 0 atom stereocenters. The molecule has 0 bridgehead atoms. The van der Waals surface area contributed by atoms with E-state index < -0.39 is 5.82 Å². The SMILES string of the molecule is CCN(CC)C(=O)CSCC(=O)Nc1cccc(F)c1. The lowest BCUT2D eigenvalue weighted by atomic mass is 10.3. The Balaban J connectivity index is 2.32. The molecule has 1 N–H and O–H groups in total. The molecule has 0 radical (unpaired) electrons. The van der Waals surface area contributed by atoms with Crippen LogP contribution in [0.2, 0.25) is 0 Å². The number of benzene rings is 1. The van der Waals surface area contributed by atoms with E-state index >= 15 is 0 Å². The summed E-state index contributed by atoms with van der Waals surface area (Å²) in [5.41, 5.74) is 0.422. The van der Waals surface area contributed by atoms with Crippen LogP contribution < -0.4 is 5.32 Å². The fourth-order valence-corrected chi connectivity index (χ4v) is 2.38. The first-order valence-electron chi connectivity index (χ1n) is 6.47. The van der Waals surface area contributed by atoms with Crippen LogP contribution in [0.25, 0.3) is 0 Å². The summed E-state index contributed by atoms with van der Waals surface area (Å²) in [5, 5.41) is 2.59. The highest BCUT2D eigenvalue weighted by molar-refractivity contribution is 8.00. The standard InChI is InChI=1S/C14H19FN2O2S/c1-3-17(4-2)14(19)10-20-9-13(18)16-12-7-5-6-11(15)8-12/h5-8H,3-4,9-10H2,1-2H3,(H,16,18). The Bertz CT molecular complexity index is 464. The number of hydrogen-bond acceptors (Lipinski definition) is 3. The Kier molecular flexibility index (Phi) is 7.08. The lowest BCUT2D eigenvalue weighted by molar-refractivity contribution is -0.127. The molecule has 0 aliphatic rings. The van der Waals surface area contributed by atoms with E-state index in [0.717, 1.165) is 0 Å². The normalized spacial score (nSPS) is 10.2. The maximum atomic E-state index is 12.9. The number of carbonyl (C=O) groups excluding carboxylic acids is 2. The summed E-state index contributed by atoms with van der Waals surface area (Å²) in [4.78, 5) is 25.1. The second-order valence-corrected chi connectivity index (χ2v) is 5.10. The van der Waals surface area contributed by atoms with Crippen LogP contribution in [-0.4, -0.2) is 41.3 Å². The third-order valence-electron chi connectivity index (χ3n) is 2.68. The van der Waals surface area contributed by atoms with Crippen molar-refractivity contribution in [3.8, 4) is 0 Å². The Hall–Kier alpha value is -1.56. The highest BCUT2D eigenvalue weighted by Gasteiger charge is 2.10. The Morgan fingerprint density at radius 1 is 1.25 bits per heavy atom. The van der Waals surface area contributed by atoms with Gasteiger partial charge in [-0.3, -0.25) is 9.59 Å². The predicted molar refractivity (Wildman–Crippen MR) is 80.3 cm³/mol. The van der Waals surface area contributed by atoms with E-state index in [4.69, 9.17) is 0 Å². The van der Waals surface area contributed by atoms with Gasteiger partial charge in [-0.15, -0.1) is 11.8 Å². The molecular weight excluding hydrogens is 279 g/mol. The highest BCUT2D eigenvalue weighted by atomic mass is 32.2. The van der Waals surface area contributed by atoms with E-state index in [2.05, 4.69) is 5.32 Å². The molecule has 1 aromatic carbocycles. The number of nitrogens with zero attached hydrogens (tertiary/aromatic N) is 1. The van der Waals surface area contributed by atoms with Gasteiger partial charge in [-0.25, -0.2) is 4.39 Å². The fraction of sp³-hybridized carbons (Fsp3) is 0.429. The summed E-state index contributed by atoms with van der Waals surface area (Å²) >= 11 is 1.25. The van der Waals surface area contributed by atoms with Gasteiger partial charge < -0.3 is 10.2 Å². The third-order valence-corrected chi connectivity index (χ3v) is 3.60. The molecule has 0 aromatic heterocycles. The van der Waals surface area contributed by atoms with Crippen LogP contribution in [0, 0.1) is 5.82 Å². The minimum atomic E-state index is -0.396. The first kappa shape index (κ1) is 16.5. The molecule has 4 nitrogen and oxygen atoms in total.